The molecule has 1 heterocycles. The predicted octanol–water partition coefficient (Wildman–Crippen LogP) is 6.06. The predicted molar refractivity (Wildman–Crippen MR) is 177 cm³/mol. The van der Waals surface area contributed by atoms with E-state index in [0.717, 1.165) is 18.8 Å². The number of amides is 2. The summed E-state index contributed by atoms with van der Waals surface area (Å²) in [5, 5.41) is 6.97. The lowest BCUT2D eigenvalue weighted by Crippen LogP contribution is -2.33. The summed E-state index contributed by atoms with van der Waals surface area (Å²) in [5.41, 5.74) is 5.03. The summed E-state index contributed by atoms with van der Waals surface area (Å²) in [6.07, 6.45) is 2.89. The molecule has 0 unspecified atom stereocenters. The average Bonchev–Trinajstić information content (AvgIpc) is 3.55. The molecule has 1 aliphatic heterocycles. The zero-order valence-corrected chi connectivity index (χ0v) is 25.9. The van der Waals surface area contributed by atoms with Gasteiger partial charge in [0.2, 0.25) is 6.79 Å². The molecule has 0 atom stereocenters. The van der Waals surface area contributed by atoms with Gasteiger partial charge in [-0.1, -0.05) is 48.0 Å². The van der Waals surface area contributed by atoms with Crippen molar-refractivity contribution in [1.82, 2.24) is 10.7 Å². The lowest BCUT2D eigenvalue weighted by Gasteiger charge is -2.21. The number of nitrogens with one attached hydrogen (secondary N) is 2. The normalized spacial score (nSPS) is 12.1. The first-order valence-corrected chi connectivity index (χ1v) is 14.9. The van der Waals surface area contributed by atoms with Crippen LogP contribution in [0, 0.1) is 0 Å². The second-order valence-electron chi connectivity index (χ2n) is 9.95. The molecule has 4 aromatic carbocycles. The highest BCUT2D eigenvalue weighted by atomic mass is 35.5. The third-order valence-electron chi connectivity index (χ3n) is 7.04. The number of anilines is 1. The van der Waals surface area contributed by atoms with Gasteiger partial charge >= 0.3 is 5.97 Å². The molecule has 46 heavy (non-hydrogen) atoms. The first-order chi connectivity index (χ1) is 22.4. The van der Waals surface area contributed by atoms with E-state index >= 15 is 0 Å². The summed E-state index contributed by atoms with van der Waals surface area (Å²) in [5.74, 6) is -0.622. The van der Waals surface area contributed by atoms with Crippen LogP contribution in [0.15, 0.2) is 102 Å². The standard InChI is InChI=1S/C35H31ClN4O6/c1-3-40(4-2)26-16-13-23(14-17-26)19-29(38-33(41)27-10-6-7-11-28(27)36)34(42)39-37-21-25-9-5-8-12-30(25)46-35(43)24-15-18-31-32(20-24)45-22-44-31/h5-21H,3-4,22H2,1-2H3,(H,38,41)(H,39,42)/b29-19+,37-21+. The van der Waals surface area contributed by atoms with Gasteiger partial charge in [-0.05, 0) is 80.1 Å². The average molecular weight is 639 g/mol. The molecule has 0 fully saturated rings. The van der Waals surface area contributed by atoms with Crippen LogP contribution >= 0.6 is 11.6 Å². The number of benzene rings is 4. The highest BCUT2D eigenvalue weighted by Crippen LogP contribution is 2.33. The molecule has 5 rings (SSSR count). The number of halogens is 1. The molecule has 0 radical (unpaired) electrons. The third kappa shape index (κ3) is 7.72. The van der Waals surface area contributed by atoms with Gasteiger partial charge in [-0.2, -0.15) is 5.10 Å². The third-order valence-corrected chi connectivity index (χ3v) is 7.37. The Morgan fingerprint density at radius 3 is 2.39 bits per heavy atom. The number of carbonyl (C=O) groups is 3. The van der Waals surface area contributed by atoms with E-state index in [1.807, 2.05) is 24.3 Å². The summed E-state index contributed by atoms with van der Waals surface area (Å²) in [6, 6.07) is 25.6. The highest BCUT2D eigenvalue weighted by Gasteiger charge is 2.19. The van der Waals surface area contributed by atoms with Gasteiger partial charge in [0.15, 0.2) is 11.5 Å². The Morgan fingerprint density at radius 1 is 0.913 bits per heavy atom. The topological polar surface area (TPSA) is 119 Å². The minimum Gasteiger partial charge on any atom is -0.454 e. The number of hydrazone groups is 1. The number of para-hydroxylation sites is 1. The van der Waals surface area contributed by atoms with Gasteiger partial charge < -0.3 is 24.4 Å². The Hall–Kier alpha value is -5.61. The maximum Gasteiger partial charge on any atom is 0.343 e. The molecule has 2 amide bonds. The molecular weight excluding hydrogens is 608 g/mol. The van der Waals surface area contributed by atoms with Crippen LogP contribution in [0.2, 0.25) is 5.02 Å². The van der Waals surface area contributed by atoms with Crippen molar-refractivity contribution in [3.05, 3.63) is 124 Å². The summed E-state index contributed by atoms with van der Waals surface area (Å²) in [4.78, 5) is 41.5. The Bertz CT molecular complexity index is 1800. The van der Waals surface area contributed by atoms with Crippen molar-refractivity contribution in [1.29, 1.82) is 0 Å². The number of nitrogens with zero attached hydrogens (tertiary/aromatic N) is 2. The minimum absolute atomic E-state index is 0.0554. The van der Waals surface area contributed by atoms with E-state index in [2.05, 4.69) is 34.6 Å². The first-order valence-electron chi connectivity index (χ1n) is 14.5. The van der Waals surface area contributed by atoms with Crippen LogP contribution in [-0.2, 0) is 4.79 Å². The van der Waals surface area contributed by atoms with Gasteiger partial charge in [0.05, 0.1) is 22.4 Å². The van der Waals surface area contributed by atoms with Crippen LogP contribution in [0.5, 0.6) is 17.2 Å². The van der Waals surface area contributed by atoms with Gasteiger partial charge in [0.25, 0.3) is 11.8 Å². The number of hydrogen-bond acceptors (Lipinski definition) is 8. The maximum atomic E-state index is 13.3. The summed E-state index contributed by atoms with van der Waals surface area (Å²) in [6.45, 7) is 5.94. The van der Waals surface area contributed by atoms with Crippen LogP contribution in [0.3, 0.4) is 0 Å². The van der Waals surface area contributed by atoms with Crippen molar-refractivity contribution in [2.45, 2.75) is 13.8 Å². The lowest BCUT2D eigenvalue weighted by molar-refractivity contribution is -0.117. The van der Waals surface area contributed by atoms with Gasteiger partial charge in [-0.25, -0.2) is 10.2 Å². The molecule has 4 aromatic rings. The molecular formula is C35H31ClN4O6. The van der Waals surface area contributed by atoms with Crippen molar-refractivity contribution in [2.24, 2.45) is 5.10 Å². The molecule has 0 aliphatic carbocycles. The Kier molecular flexibility index (Phi) is 10.3. The zero-order chi connectivity index (χ0) is 32.5. The van der Waals surface area contributed by atoms with E-state index in [-0.39, 0.29) is 34.4 Å². The first kappa shape index (κ1) is 31.8. The molecule has 1 aliphatic rings. The number of carbonyl (C=O) groups excluding carboxylic acids is 3. The van der Waals surface area contributed by atoms with Crippen LogP contribution < -0.4 is 29.9 Å². The van der Waals surface area contributed by atoms with Crippen molar-refractivity contribution in [3.8, 4) is 17.2 Å². The molecule has 11 heteroatoms. The Balaban J connectivity index is 1.33. The highest BCUT2D eigenvalue weighted by molar-refractivity contribution is 6.34. The van der Waals surface area contributed by atoms with E-state index < -0.39 is 17.8 Å². The molecule has 2 N–H and O–H groups in total. The summed E-state index contributed by atoms with van der Waals surface area (Å²) in [7, 11) is 0. The van der Waals surface area contributed by atoms with Crippen LogP contribution in [-0.4, -0.2) is 43.9 Å². The van der Waals surface area contributed by atoms with E-state index in [1.165, 1.54) is 6.21 Å². The monoisotopic (exact) mass is 638 g/mol. The molecule has 234 valence electrons. The van der Waals surface area contributed by atoms with E-state index in [0.29, 0.717) is 22.6 Å². The van der Waals surface area contributed by atoms with Crippen molar-refractivity contribution in [3.63, 3.8) is 0 Å². The molecule has 0 bridgehead atoms. The van der Waals surface area contributed by atoms with Gasteiger partial charge in [-0.3, -0.25) is 9.59 Å². The van der Waals surface area contributed by atoms with E-state index in [4.69, 9.17) is 25.8 Å². The smallest absolute Gasteiger partial charge is 0.343 e. The van der Waals surface area contributed by atoms with Crippen LogP contribution in [0.1, 0.15) is 45.7 Å². The fourth-order valence-electron chi connectivity index (χ4n) is 4.61. The van der Waals surface area contributed by atoms with Crippen molar-refractivity contribution in [2.75, 3.05) is 24.8 Å². The SMILES string of the molecule is CCN(CC)c1ccc(/C=C(/NC(=O)c2ccccc2Cl)C(=O)N/N=C/c2ccccc2OC(=O)c2ccc3c(c2)OCO3)cc1. The molecule has 10 nitrogen and oxygen atoms in total. The number of hydrogen-bond donors (Lipinski definition) is 2. The fraction of sp³-hybridized carbons (Fsp3) is 0.143. The van der Waals surface area contributed by atoms with Gasteiger partial charge in [-0.15, -0.1) is 0 Å². The quantitative estimate of drug-likeness (QED) is 0.0674. The number of ether oxygens (including phenoxy) is 3. The van der Waals surface area contributed by atoms with Crippen LogP contribution in [0.25, 0.3) is 6.08 Å². The van der Waals surface area contributed by atoms with Crippen molar-refractivity contribution >= 4 is 47.4 Å². The second-order valence-corrected chi connectivity index (χ2v) is 10.4. The van der Waals surface area contributed by atoms with E-state index in [9.17, 15) is 14.4 Å². The largest absolute Gasteiger partial charge is 0.454 e. The molecule has 0 aromatic heterocycles. The number of esters is 1. The lowest BCUT2D eigenvalue weighted by atomic mass is 10.1. The Labute approximate surface area is 271 Å². The van der Waals surface area contributed by atoms with E-state index in [1.54, 1.807) is 72.8 Å². The molecule has 0 saturated carbocycles. The fourth-order valence-corrected chi connectivity index (χ4v) is 4.83. The maximum absolute atomic E-state index is 13.3. The Morgan fingerprint density at radius 2 is 1.63 bits per heavy atom. The van der Waals surface area contributed by atoms with Gasteiger partial charge in [0.1, 0.15) is 11.4 Å². The number of fused-ring (bicyclic) bond motifs is 1. The van der Waals surface area contributed by atoms with Crippen LogP contribution in [0.4, 0.5) is 5.69 Å². The van der Waals surface area contributed by atoms with Crippen molar-refractivity contribution < 1.29 is 28.6 Å². The number of rotatable bonds is 11. The molecule has 0 saturated heterocycles. The summed E-state index contributed by atoms with van der Waals surface area (Å²) < 4.78 is 16.2. The van der Waals surface area contributed by atoms with Gasteiger partial charge in [0, 0.05) is 24.3 Å². The molecule has 0 spiro atoms. The summed E-state index contributed by atoms with van der Waals surface area (Å²) >= 11 is 6.23. The zero-order valence-electron chi connectivity index (χ0n) is 25.2. The minimum atomic E-state index is -0.681. The second kappa shape index (κ2) is 14.9.